The van der Waals surface area contributed by atoms with E-state index in [2.05, 4.69) is 10.4 Å². The Morgan fingerprint density at radius 2 is 2.18 bits per heavy atom. The Bertz CT molecular complexity index is 515. The first-order chi connectivity index (χ1) is 8.36. The molecule has 3 rings (SSSR count). The van der Waals surface area contributed by atoms with Gasteiger partial charge in [-0.25, -0.2) is 9.07 Å². The molecule has 2 heterocycles. The molecule has 1 saturated heterocycles. The number of rotatable bonds is 2. The predicted octanol–water partition coefficient (Wildman–Crippen LogP) is 2.09. The van der Waals surface area contributed by atoms with E-state index in [4.69, 9.17) is 0 Å². The molecule has 1 aliphatic rings. The molecule has 1 aromatic heterocycles. The van der Waals surface area contributed by atoms with Crippen molar-refractivity contribution >= 4 is 0 Å². The van der Waals surface area contributed by atoms with Crippen LogP contribution in [0.15, 0.2) is 36.5 Å². The van der Waals surface area contributed by atoms with Gasteiger partial charge in [0.2, 0.25) is 0 Å². The van der Waals surface area contributed by atoms with Crippen molar-refractivity contribution in [3.05, 3.63) is 48.0 Å². The summed E-state index contributed by atoms with van der Waals surface area (Å²) in [5.41, 5.74) is 1.61. The van der Waals surface area contributed by atoms with Crippen molar-refractivity contribution < 1.29 is 4.39 Å². The van der Waals surface area contributed by atoms with E-state index in [0.717, 1.165) is 25.2 Å². The molecule has 0 spiro atoms. The lowest BCUT2D eigenvalue weighted by Crippen LogP contribution is -2.12. The fraction of sp³-hybridized carbons (Fsp3) is 0.308. The molecule has 1 atom stereocenters. The first-order valence-electron chi connectivity index (χ1n) is 5.86. The van der Waals surface area contributed by atoms with E-state index in [9.17, 15) is 4.39 Å². The first kappa shape index (κ1) is 10.5. The van der Waals surface area contributed by atoms with Gasteiger partial charge < -0.3 is 5.32 Å². The van der Waals surface area contributed by atoms with Crippen LogP contribution in [0, 0.1) is 5.82 Å². The molecule has 0 amide bonds. The number of benzene rings is 1. The largest absolute Gasteiger partial charge is 0.316 e. The van der Waals surface area contributed by atoms with Crippen LogP contribution < -0.4 is 5.32 Å². The van der Waals surface area contributed by atoms with Gasteiger partial charge in [0.1, 0.15) is 11.5 Å². The molecular weight excluding hydrogens is 217 g/mol. The van der Waals surface area contributed by atoms with Crippen molar-refractivity contribution in [3.63, 3.8) is 0 Å². The third-order valence-electron chi connectivity index (χ3n) is 3.23. The third-order valence-corrected chi connectivity index (χ3v) is 3.23. The number of para-hydroxylation sites is 1. The van der Waals surface area contributed by atoms with Crippen LogP contribution in [0.5, 0.6) is 0 Å². The smallest absolute Gasteiger partial charge is 0.148 e. The molecule has 0 aliphatic carbocycles. The number of nitrogens with zero attached hydrogens (tertiary/aromatic N) is 2. The average Bonchev–Trinajstić information content (AvgIpc) is 3.00. The molecular formula is C13H14FN3. The van der Waals surface area contributed by atoms with Gasteiger partial charge in [-0.2, -0.15) is 5.10 Å². The maximum atomic E-state index is 13.7. The van der Waals surface area contributed by atoms with Crippen LogP contribution in [0.1, 0.15) is 18.0 Å². The maximum absolute atomic E-state index is 13.7. The van der Waals surface area contributed by atoms with E-state index in [-0.39, 0.29) is 5.82 Å². The molecule has 3 nitrogen and oxygen atoms in total. The van der Waals surface area contributed by atoms with Crippen LogP contribution in [0.3, 0.4) is 0 Å². The van der Waals surface area contributed by atoms with Crippen molar-refractivity contribution in [1.82, 2.24) is 15.1 Å². The summed E-state index contributed by atoms with van der Waals surface area (Å²) < 4.78 is 15.5. The van der Waals surface area contributed by atoms with Gasteiger partial charge in [0.25, 0.3) is 0 Å². The van der Waals surface area contributed by atoms with Crippen LogP contribution in [0.4, 0.5) is 4.39 Å². The van der Waals surface area contributed by atoms with E-state index >= 15 is 0 Å². The summed E-state index contributed by atoms with van der Waals surface area (Å²) in [7, 11) is 0. The molecule has 1 unspecified atom stereocenters. The van der Waals surface area contributed by atoms with Crippen LogP contribution >= 0.6 is 0 Å². The second-order valence-corrected chi connectivity index (χ2v) is 4.31. The molecule has 0 saturated carbocycles. The van der Waals surface area contributed by atoms with Gasteiger partial charge in [-0.1, -0.05) is 12.1 Å². The second-order valence-electron chi connectivity index (χ2n) is 4.31. The Morgan fingerprint density at radius 1 is 1.29 bits per heavy atom. The van der Waals surface area contributed by atoms with Gasteiger partial charge in [0, 0.05) is 24.4 Å². The van der Waals surface area contributed by atoms with Gasteiger partial charge in [-0.05, 0) is 31.2 Å². The molecule has 0 bridgehead atoms. The SMILES string of the molecule is Fc1ccccc1-n1nccc1C1CCNC1. The predicted molar refractivity (Wildman–Crippen MR) is 63.7 cm³/mol. The topological polar surface area (TPSA) is 29.9 Å². The second kappa shape index (κ2) is 4.30. The number of hydrogen-bond acceptors (Lipinski definition) is 2. The van der Waals surface area contributed by atoms with E-state index in [1.807, 2.05) is 12.1 Å². The molecule has 2 aromatic rings. The maximum Gasteiger partial charge on any atom is 0.148 e. The summed E-state index contributed by atoms with van der Waals surface area (Å²) >= 11 is 0. The number of aromatic nitrogens is 2. The Balaban J connectivity index is 2.04. The lowest BCUT2D eigenvalue weighted by atomic mass is 10.0. The lowest BCUT2D eigenvalue weighted by molar-refractivity contribution is 0.598. The van der Waals surface area contributed by atoms with E-state index < -0.39 is 0 Å². The standard InChI is InChI=1S/C13H14FN3/c14-11-3-1-2-4-13(11)17-12(6-8-16-17)10-5-7-15-9-10/h1-4,6,8,10,15H,5,7,9H2. The third kappa shape index (κ3) is 1.85. The fourth-order valence-corrected chi connectivity index (χ4v) is 2.35. The monoisotopic (exact) mass is 231 g/mol. The molecule has 4 heteroatoms. The zero-order valence-electron chi connectivity index (χ0n) is 9.44. The summed E-state index contributed by atoms with van der Waals surface area (Å²) in [6.45, 7) is 1.97. The summed E-state index contributed by atoms with van der Waals surface area (Å²) in [5, 5.41) is 7.56. The number of nitrogens with one attached hydrogen (secondary N) is 1. The fourth-order valence-electron chi connectivity index (χ4n) is 2.35. The highest BCUT2D eigenvalue weighted by Crippen LogP contribution is 2.25. The molecule has 1 aromatic carbocycles. The Kier molecular flexibility index (Phi) is 2.65. The quantitative estimate of drug-likeness (QED) is 0.857. The number of halogens is 1. The minimum atomic E-state index is -0.233. The summed E-state index contributed by atoms with van der Waals surface area (Å²) in [5.74, 6) is 0.195. The normalized spacial score (nSPS) is 19.7. The van der Waals surface area contributed by atoms with Crippen molar-refractivity contribution in [1.29, 1.82) is 0 Å². The Labute approximate surface area is 99.3 Å². The summed E-state index contributed by atoms with van der Waals surface area (Å²) in [6.07, 6.45) is 2.82. The van der Waals surface area contributed by atoms with E-state index in [0.29, 0.717) is 11.6 Å². The molecule has 0 radical (unpaired) electrons. The highest BCUT2D eigenvalue weighted by atomic mass is 19.1. The summed E-state index contributed by atoms with van der Waals surface area (Å²) in [4.78, 5) is 0. The van der Waals surface area contributed by atoms with E-state index in [1.54, 1.807) is 23.0 Å². The first-order valence-corrected chi connectivity index (χ1v) is 5.86. The minimum Gasteiger partial charge on any atom is -0.316 e. The molecule has 88 valence electrons. The van der Waals surface area contributed by atoms with Gasteiger partial charge in [0.15, 0.2) is 0 Å². The zero-order chi connectivity index (χ0) is 11.7. The van der Waals surface area contributed by atoms with Crippen molar-refractivity contribution in [2.75, 3.05) is 13.1 Å². The minimum absolute atomic E-state index is 0.233. The highest BCUT2D eigenvalue weighted by molar-refractivity contribution is 5.35. The molecule has 17 heavy (non-hydrogen) atoms. The van der Waals surface area contributed by atoms with Crippen LogP contribution in [0.2, 0.25) is 0 Å². The van der Waals surface area contributed by atoms with Crippen molar-refractivity contribution in [2.45, 2.75) is 12.3 Å². The molecule has 1 aliphatic heterocycles. The van der Waals surface area contributed by atoms with Crippen LogP contribution in [-0.2, 0) is 0 Å². The van der Waals surface area contributed by atoms with E-state index in [1.165, 1.54) is 6.07 Å². The Hall–Kier alpha value is -1.68. The van der Waals surface area contributed by atoms with Crippen LogP contribution in [-0.4, -0.2) is 22.9 Å². The van der Waals surface area contributed by atoms with Crippen LogP contribution in [0.25, 0.3) is 5.69 Å². The van der Waals surface area contributed by atoms with Crippen molar-refractivity contribution in [3.8, 4) is 5.69 Å². The molecule has 1 N–H and O–H groups in total. The van der Waals surface area contributed by atoms with Gasteiger partial charge in [0.05, 0.1) is 0 Å². The highest BCUT2D eigenvalue weighted by Gasteiger charge is 2.21. The summed E-state index contributed by atoms with van der Waals surface area (Å²) in [6, 6.07) is 8.72. The Morgan fingerprint density at radius 3 is 2.94 bits per heavy atom. The van der Waals surface area contributed by atoms with Gasteiger partial charge in [-0.15, -0.1) is 0 Å². The zero-order valence-corrected chi connectivity index (χ0v) is 9.44. The van der Waals surface area contributed by atoms with Gasteiger partial charge >= 0.3 is 0 Å². The number of hydrogen-bond donors (Lipinski definition) is 1. The molecule has 1 fully saturated rings. The van der Waals surface area contributed by atoms with Gasteiger partial charge in [-0.3, -0.25) is 0 Å². The van der Waals surface area contributed by atoms with Crippen molar-refractivity contribution in [2.24, 2.45) is 0 Å². The average molecular weight is 231 g/mol. The lowest BCUT2D eigenvalue weighted by Gasteiger charge is -2.12.